The fourth-order valence-corrected chi connectivity index (χ4v) is 5.61. The number of quaternary nitrogens is 1. The molecule has 1 aliphatic heterocycles. The Hall–Kier alpha value is -0.710. The molecule has 0 aromatic heterocycles. The molecule has 4 aliphatic rings. The number of rotatable bonds is 0. The molecule has 4 rings (SSSR count). The molecule has 3 N–H and O–H groups in total. The van der Waals surface area contributed by atoms with Crippen molar-refractivity contribution in [1.29, 1.82) is 0 Å². The molecule has 0 saturated heterocycles. The van der Waals surface area contributed by atoms with Crippen LogP contribution < -0.4 is 17.3 Å². The Morgan fingerprint density at radius 1 is 1.23 bits per heavy atom. The number of hydrogen-bond donors (Lipinski definition) is 1. The zero-order valence-corrected chi connectivity index (χ0v) is 14.1. The van der Waals surface area contributed by atoms with Gasteiger partial charge in [-0.3, -0.25) is 9.59 Å². The topological polar surface area (TPSA) is 70.1 Å². The van der Waals surface area contributed by atoms with Crippen LogP contribution in [0.15, 0.2) is 11.1 Å². The van der Waals surface area contributed by atoms with E-state index in [1.54, 1.807) is 4.90 Å². The first-order valence-corrected chi connectivity index (χ1v) is 8.09. The van der Waals surface area contributed by atoms with Crippen LogP contribution in [-0.2, 0) is 9.59 Å². The van der Waals surface area contributed by atoms with Crippen molar-refractivity contribution in [3.63, 3.8) is 0 Å². The molecular weight excluding hydrogens is 302 g/mol. The molecule has 22 heavy (non-hydrogen) atoms. The lowest BCUT2D eigenvalue weighted by molar-refractivity contribution is -0.876. The number of halogens is 1. The number of carbonyl (C=O) groups is 2. The van der Waals surface area contributed by atoms with Crippen molar-refractivity contribution in [2.75, 3.05) is 20.1 Å². The highest BCUT2D eigenvalue weighted by molar-refractivity contribution is 5.99. The van der Waals surface area contributed by atoms with Crippen LogP contribution in [0.2, 0.25) is 0 Å². The molecule has 0 aromatic carbocycles. The highest BCUT2D eigenvalue weighted by atomic mass is 35.5. The molecule has 0 amide bonds. The van der Waals surface area contributed by atoms with E-state index in [4.69, 9.17) is 0 Å². The molecule has 2 bridgehead atoms. The average molecular weight is 328 g/mol. The standard InChI is InChI=1S/C17H23NO2.ClH.H2O/c1-10-5-12-6-13(19)8-17(12)7-11-9-18(2)4-3-14(11)15(10)16(17)20;;/h10,12,15H,3-9H2,1-2H3;1H;1H2/t10-,12+,15+,17-;;/m0../s1. The molecule has 2 saturated carbocycles. The number of nitrogens with one attached hydrogen (secondary N) is 1. The number of ketones is 2. The SMILES string of the molecule is C[C@H]1C[C@@H]2CC(=O)C[C@@]23CC2=C(CC[NH+](C)C2)[C@@H]1C3=O.O.[Cl-]. The Morgan fingerprint density at radius 2 is 1.95 bits per heavy atom. The maximum absolute atomic E-state index is 13.1. The fourth-order valence-electron chi connectivity index (χ4n) is 5.61. The second kappa shape index (κ2) is 5.73. The molecule has 2 fully saturated rings. The van der Waals surface area contributed by atoms with Gasteiger partial charge in [-0.25, -0.2) is 0 Å². The van der Waals surface area contributed by atoms with Crippen LogP contribution in [-0.4, -0.2) is 37.2 Å². The minimum Gasteiger partial charge on any atom is -1.00 e. The van der Waals surface area contributed by atoms with Crippen LogP contribution in [0.4, 0.5) is 0 Å². The zero-order valence-electron chi connectivity index (χ0n) is 13.4. The van der Waals surface area contributed by atoms with Crippen molar-refractivity contribution in [3.8, 4) is 0 Å². The van der Waals surface area contributed by atoms with Gasteiger partial charge in [0.15, 0.2) is 0 Å². The summed E-state index contributed by atoms with van der Waals surface area (Å²) in [5.74, 6) is 1.69. The first kappa shape index (κ1) is 17.6. The first-order chi connectivity index (χ1) is 9.51. The van der Waals surface area contributed by atoms with Crippen LogP contribution in [0.5, 0.6) is 0 Å². The van der Waals surface area contributed by atoms with E-state index in [0.29, 0.717) is 36.2 Å². The minimum atomic E-state index is -0.287. The summed E-state index contributed by atoms with van der Waals surface area (Å²) in [5.41, 5.74) is 2.71. The lowest BCUT2D eigenvalue weighted by atomic mass is 9.52. The highest BCUT2D eigenvalue weighted by Crippen LogP contribution is 2.59. The number of hydrogen-bond acceptors (Lipinski definition) is 2. The third kappa shape index (κ3) is 2.19. The average Bonchev–Trinajstić information content (AvgIpc) is 2.67. The van der Waals surface area contributed by atoms with Crippen molar-refractivity contribution in [3.05, 3.63) is 11.1 Å². The van der Waals surface area contributed by atoms with Crippen LogP contribution in [0.1, 0.15) is 39.0 Å². The predicted molar refractivity (Wildman–Crippen MR) is 78.9 cm³/mol. The number of fused-ring (bicyclic) bond motifs is 2. The molecule has 1 spiro atoms. The van der Waals surface area contributed by atoms with Crippen molar-refractivity contribution in [2.45, 2.75) is 39.0 Å². The Kier molecular flexibility index (Phi) is 4.60. The van der Waals surface area contributed by atoms with Crippen molar-refractivity contribution in [2.24, 2.45) is 23.2 Å². The largest absolute Gasteiger partial charge is 1.00 e. The second-order valence-corrected chi connectivity index (χ2v) is 7.77. The molecular formula is C17H26ClNO3. The van der Waals surface area contributed by atoms with Gasteiger partial charge in [-0.15, -0.1) is 0 Å². The van der Waals surface area contributed by atoms with Crippen LogP contribution >= 0.6 is 0 Å². The Balaban J connectivity index is 0.000000882. The zero-order chi connectivity index (χ0) is 14.1. The number of carbonyl (C=O) groups excluding carboxylic acids is 2. The summed E-state index contributed by atoms with van der Waals surface area (Å²) in [4.78, 5) is 26.7. The van der Waals surface area contributed by atoms with Crippen molar-refractivity contribution >= 4 is 11.6 Å². The van der Waals surface area contributed by atoms with E-state index >= 15 is 0 Å². The van der Waals surface area contributed by atoms with E-state index in [9.17, 15) is 9.59 Å². The molecule has 0 aromatic rings. The van der Waals surface area contributed by atoms with Gasteiger partial charge in [0.05, 0.1) is 20.1 Å². The summed E-state index contributed by atoms with van der Waals surface area (Å²) in [6.45, 7) is 4.48. The van der Waals surface area contributed by atoms with E-state index in [2.05, 4.69) is 14.0 Å². The lowest BCUT2D eigenvalue weighted by Gasteiger charge is -2.50. The first-order valence-electron chi connectivity index (χ1n) is 8.09. The monoisotopic (exact) mass is 327 g/mol. The molecule has 4 nitrogen and oxygen atoms in total. The lowest BCUT2D eigenvalue weighted by Crippen LogP contribution is -3.10. The summed E-state index contributed by atoms with van der Waals surface area (Å²) in [6.07, 6.45) is 4.28. The molecule has 124 valence electrons. The second-order valence-electron chi connectivity index (χ2n) is 7.77. The van der Waals surface area contributed by atoms with Gasteiger partial charge in [0.1, 0.15) is 11.6 Å². The van der Waals surface area contributed by atoms with Crippen molar-refractivity contribution in [1.82, 2.24) is 0 Å². The van der Waals surface area contributed by atoms with Gasteiger partial charge < -0.3 is 22.8 Å². The van der Waals surface area contributed by atoms with E-state index in [0.717, 1.165) is 32.4 Å². The Morgan fingerprint density at radius 3 is 2.68 bits per heavy atom. The smallest absolute Gasteiger partial charge is 0.147 e. The normalized spacial score (nSPS) is 43.0. The highest BCUT2D eigenvalue weighted by Gasteiger charge is 2.61. The molecule has 0 radical (unpaired) electrons. The van der Waals surface area contributed by atoms with Gasteiger partial charge in [0, 0.05) is 30.6 Å². The minimum absolute atomic E-state index is 0. The van der Waals surface area contributed by atoms with Gasteiger partial charge in [-0.05, 0) is 35.8 Å². The van der Waals surface area contributed by atoms with E-state index in [1.165, 1.54) is 11.1 Å². The molecule has 1 heterocycles. The van der Waals surface area contributed by atoms with E-state index in [1.807, 2.05) is 0 Å². The molecule has 5 atom stereocenters. The summed E-state index contributed by atoms with van der Waals surface area (Å²) in [6, 6.07) is 0. The summed E-state index contributed by atoms with van der Waals surface area (Å²) in [7, 11) is 2.24. The predicted octanol–water partition coefficient (Wildman–Crippen LogP) is -3.02. The quantitative estimate of drug-likeness (QED) is 0.481. The van der Waals surface area contributed by atoms with Gasteiger partial charge in [-0.2, -0.15) is 0 Å². The summed E-state index contributed by atoms with van der Waals surface area (Å²) >= 11 is 0. The summed E-state index contributed by atoms with van der Waals surface area (Å²) in [5, 5.41) is 0. The van der Waals surface area contributed by atoms with E-state index < -0.39 is 0 Å². The number of Topliss-reactive ketones (excluding diaryl/α,β-unsaturated/α-hetero) is 2. The third-order valence-electron chi connectivity index (χ3n) is 6.46. The molecule has 1 unspecified atom stereocenters. The fraction of sp³-hybridized carbons (Fsp3) is 0.765. The maximum atomic E-state index is 13.1. The van der Waals surface area contributed by atoms with Gasteiger partial charge >= 0.3 is 0 Å². The van der Waals surface area contributed by atoms with Crippen LogP contribution in [0.25, 0.3) is 0 Å². The molecule has 3 aliphatic carbocycles. The number of likely N-dealkylation sites (N-methyl/N-ethyl adjacent to an activating group) is 1. The van der Waals surface area contributed by atoms with Crippen LogP contribution in [0, 0.1) is 23.2 Å². The maximum Gasteiger partial charge on any atom is 0.147 e. The van der Waals surface area contributed by atoms with Gasteiger partial charge in [-0.1, -0.05) is 6.92 Å². The van der Waals surface area contributed by atoms with Crippen molar-refractivity contribution < 1.29 is 32.4 Å². The van der Waals surface area contributed by atoms with Gasteiger partial charge in [0.2, 0.25) is 0 Å². The Labute approximate surface area is 138 Å². The third-order valence-corrected chi connectivity index (χ3v) is 6.46. The van der Waals surface area contributed by atoms with E-state index in [-0.39, 0.29) is 29.2 Å². The Bertz CT molecular complexity index is 544. The molecule has 5 heteroatoms. The van der Waals surface area contributed by atoms with Gasteiger partial charge in [0.25, 0.3) is 0 Å². The summed E-state index contributed by atoms with van der Waals surface area (Å²) < 4.78 is 0. The van der Waals surface area contributed by atoms with Crippen LogP contribution in [0.3, 0.4) is 0 Å².